The summed E-state index contributed by atoms with van der Waals surface area (Å²) in [6.45, 7) is 0.396. The number of halogens is 3. The van der Waals surface area contributed by atoms with Gasteiger partial charge in [0.15, 0.2) is 0 Å². The van der Waals surface area contributed by atoms with Gasteiger partial charge in [-0.25, -0.2) is 4.79 Å². The summed E-state index contributed by atoms with van der Waals surface area (Å²) in [6.07, 6.45) is -5.19. The third-order valence-corrected chi connectivity index (χ3v) is 6.07. The van der Waals surface area contributed by atoms with Crippen molar-refractivity contribution in [3.05, 3.63) is 90.5 Å². The molecule has 0 fully saturated rings. The van der Waals surface area contributed by atoms with Crippen molar-refractivity contribution in [1.82, 2.24) is 4.98 Å². The summed E-state index contributed by atoms with van der Waals surface area (Å²) >= 11 is 0. The number of nitrogens with one attached hydrogen (secondary N) is 1. The fraction of sp³-hybridized carbons (Fsp3) is 0.138. The molecule has 6 nitrogen and oxygen atoms in total. The molecule has 194 valence electrons. The quantitative estimate of drug-likeness (QED) is 0.160. The number of carbonyl (C=O) groups is 1. The van der Waals surface area contributed by atoms with Gasteiger partial charge >= 0.3 is 12.5 Å². The Labute approximate surface area is 215 Å². The van der Waals surface area contributed by atoms with E-state index in [-0.39, 0.29) is 11.6 Å². The van der Waals surface area contributed by atoms with E-state index < -0.39 is 12.5 Å². The maximum atomic E-state index is 12.5. The summed E-state index contributed by atoms with van der Waals surface area (Å²) in [6, 6.07) is 24.7. The number of aromatic amines is 1. The van der Waals surface area contributed by atoms with Gasteiger partial charge in [-0.3, -0.25) is 0 Å². The van der Waals surface area contributed by atoms with Crippen molar-refractivity contribution in [3.63, 3.8) is 0 Å². The van der Waals surface area contributed by atoms with E-state index in [9.17, 15) is 23.1 Å². The number of carboxylic acid groups (broad SMARTS) is 1. The Morgan fingerprint density at radius 3 is 2.34 bits per heavy atom. The highest BCUT2D eigenvalue weighted by Gasteiger charge is 2.31. The second-order valence-corrected chi connectivity index (χ2v) is 8.53. The maximum Gasteiger partial charge on any atom is 0.573 e. The van der Waals surface area contributed by atoms with Gasteiger partial charge in [0.1, 0.15) is 11.5 Å². The first-order valence-corrected chi connectivity index (χ1v) is 11.8. The molecule has 0 spiro atoms. The molecule has 0 unspecified atom stereocenters. The Balaban J connectivity index is 1.39. The normalized spacial score (nSPS) is 11.6. The number of hydrogen-bond donors (Lipinski definition) is 2. The zero-order valence-corrected chi connectivity index (χ0v) is 19.9. The molecule has 0 aliphatic heterocycles. The van der Waals surface area contributed by atoms with Crippen LogP contribution in [0.25, 0.3) is 32.8 Å². The van der Waals surface area contributed by atoms with Crippen LogP contribution in [0.4, 0.5) is 18.0 Å². The second-order valence-electron chi connectivity index (χ2n) is 8.53. The van der Waals surface area contributed by atoms with E-state index in [1.54, 1.807) is 12.1 Å². The minimum Gasteiger partial charge on any atom is -0.493 e. The van der Waals surface area contributed by atoms with Crippen molar-refractivity contribution in [1.29, 1.82) is 0 Å². The fourth-order valence-electron chi connectivity index (χ4n) is 4.50. The number of benzene rings is 4. The smallest absolute Gasteiger partial charge is 0.493 e. The largest absolute Gasteiger partial charge is 0.573 e. The Bertz CT molecular complexity index is 1590. The lowest BCUT2D eigenvalue weighted by Crippen LogP contribution is -2.16. The van der Waals surface area contributed by atoms with E-state index in [1.165, 1.54) is 24.3 Å². The van der Waals surface area contributed by atoms with Crippen LogP contribution in [-0.4, -0.2) is 29.2 Å². The van der Waals surface area contributed by atoms with Gasteiger partial charge in [-0.1, -0.05) is 66.7 Å². The van der Waals surface area contributed by atoms with Crippen LogP contribution in [0.3, 0.4) is 0 Å². The van der Waals surface area contributed by atoms with Crippen molar-refractivity contribution < 1.29 is 37.3 Å². The molecule has 0 bridgehead atoms. The molecule has 38 heavy (non-hydrogen) atoms. The van der Waals surface area contributed by atoms with Crippen LogP contribution in [0.2, 0.25) is 0 Å². The topological polar surface area (TPSA) is 80.8 Å². The van der Waals surface area contributed by atoms with Crippen LogP contribution >= 0.6 is 0 Å². The number of aryl methyl sites for hydroxylation is 1. The van der Waals surface area contributed by atoms with E-state index in [2.05, 4.69) is 9.72 Å². The summed E-state index contributed by atoms with van der Waals surface area (Å²) in [4.78, 5) is 14.4. The highest BCUT2D eigenvalue weighted by Crippen LogP contribution is 2.37. The zero-order chi connectivity index (χ0) is 26.7. The lowest BCUT2D eigenvalue weighted by atomic mass is 10.0. The van der Waals surface area contributed by atoms with Gasteiger partial charge in [-0.2, -0.15) is 0 Å². The van der Waals surface area contributed by atoms with Crippen LogP contribution in [0.1, 0.15) is 12.0 Å². The van der Waals surface area contributed by atoms with Gasteiger partial charge < -0.3 is 24.3 Å². The first-order chi connectivity index (χ1) is 18.3. The first-order valence-electron chi connectivity index (χ1n) is 11.8. The minimum absolute atomic E-state index is 0.0992. The Kier molecular flexibility index (Phi) is 6.83. The molecular weight excluding hydrogens is 499 g/mol. The number of hydrogen-bond acceptors (Lipinski definition) is 4. The third-order valence-electron chi connectivity index (χ3n) is 6.07. The van der Waals surface area contributed by atoms with Crippen LogP contribution in [0.5, 0.6) is 17.4 Å². The van der Waals surface area contributed by atoms with Crippen molar-refractivity contribution in [2.75, 3.05) is 6.61 Å². The summed E-state index contributed by atoms with van der Waals surface area (Å²) < 4.78 is 52.6. The number of H-pyrrole nitrogens is 1. The number of rotatable bonds is 8. The van der Waals surface area contributed by atoms with Crippen molar-refractivity contribution >= 4 is 27.8 Å². The zero-order valence-electron chi connectivity index (χ0n) is 19.9. The fourth-order valence-corrected chi connectivity index (χ4v) is 4.50. The molecule has 0 amide bonds. The average molecular weight is 521 g/mol. The predicted molar refractivity (Wildman–Crippen MR) is 137 cm³/mol. The molecule has 1 aromatic heterocycles. The third kappa shape index (κ3) is 5.51. The van der Waals surface area contributed by atoms with Gasteiger partial charge in [0, 0.05) is 21.9 Å². The average Bonchev–Trinajstić information content (AvgIpc) is 3.22. The molecule has 0 saturated heterocycles. The van der Waals surface area contributed by atoms with E-state index >= 15 is 0 Å². The highest BCUT2D eigenvalue weighted by atomic mass is 19.4. The molecule has 0 aliphatic carbocycles. The lowest BCUT2D eigenvalue weighted by Gasteiger charge is -2.10. The van der Waals surface area contributed by atoms with Crippen molar-refractivity contribution in [2.45, 2.75) is 19.2 Å². The monoisotopic (exact) mass is 521 g/mol. The molecule has 0 saturated carbocycles. The number of fused-ring (bicyclic) bond motifs is 2. The molecule has 0 atom stereocenters. The molecule has 0 aliphatic rings. The summed E-state index contributed by atoms with van der Waals surface area (Å²) in [7, 11) is 0. The Hall–Kier alpha value is -4.66. The molecule has 0 radical (unpaired) electrons. The SMILES string of the molecule is O=C(O)Oc1[nH]c2c(-c3ccc(OC(F)(F)F)cc3)cccc2c1CCCOc1cccc2ccccc12. The highest BCUT2D eigenvalue weighted by molar-refractivity contribution is 5.98. The summed E-state index contributed by atoms with van der Waals surface area (Å²) in [5.41, 5.74) is 2.58. The predicted octanol–water partition coefficient (Wildman–Crippen LogP) is 7.96. The molecule has 5 rings (SSSR count). The van der Waals surface area contributed by atoms with Crippen LogP contribution in [0, 0.1) is 0 Å². The summed E-state index contributed by atoms with van der Waals surface area (Å²) in [5.74, 6) is 0.535. The maximum absolute atomic E-state index is 12.5. The molecule has 2 N–H and O–H groups in total. The molecule has 4 aromatic carbocycles. The Morgan fingerprint density at radius 2 is 1.58 bits per heavy atom. The molecular formula is C29H22F3NO5. The standard InChI is InChI=1S/C29H22F3NO5/c30-29(31,32)38-20-15-13-19(14-16-20)22-9-4-10-23-24(27(33-26(22)23)37-28(34)35)11-5-17-36-25-12-3-7-18-6-1-2-8-21(18)25/h1-4,6-10,12-16,33H,5,11,17H2,(H,34,35). The van der Waals surface area contributed by atoms with E-state index in [4.69, 9.17) is 9.47 Å². The molecule has 1 heterocycles. The number of para-hydroxylation sites is 1. The number of alkyl halides is 3. The van der Waals surface area contributed by atoms with E-state index in [0.29, 0.717) is 41.7 Å². The number of ether oxygens (including phenoxy) is 3. The lowest BCUT2D eigenvalue weighted by molar-refractivity contribution is -0.274. The first kappa shape index (κ1) is 25.0. The van der Waals surface area contributed by atoms with Gasteiger partial charge in [0.05, 0.1) is 12.1 Å². The van der Waals surface area contributed by atoms with Gasteiger partial charge in [0.2, 0.25) is 5.88 Å². The molecule has 5 aromatic rings. The number of aromatic nitrogens is 1. The Morgan fingerprint density at radius 1 is 0.868 bits per heavy atom. The van der Waals surface area contributed by atoms with Gasteiger partial charge in [-0.05, 0) is 42.0 Å². The van der Waals surface area contributed by atoms with Gasteiger partial charge in [-0.15, -0.1) is 13.2 Å². The summed E-state index contributed by atoms with van der Waals surface area (Å²) in [5, 5.41) is 12.1. The van der Waals surface area contributed by atoms with E-state index in [1.807, 2.05) is 48.5 Å². The van der Waals surface area contributed by atoms with Crippen LogP contribution in [-0.2, 0) is 6.42 Å². The van der Waals surface area contributed by atoms with Crippen molar-refractivity contribution in [2.24, 2.45) is 0 Å². The van der Waals surface area contributed by atoms with Crippen LogP contribution in [0.15, 0.2) is 84.9 Å². The van der Waals surface area contributed by atoms with E-state index in [0.717, 1.165) is 21.9 Å². The molecule has 9 heteroatoms. The van der Waals surface area contributed by atoms with Crippen molar-refractivity contribution in [3.8, 4) is 28.5 Å². The minimum atomic E-state index is -4.78. The second kappa shape index (κ2) is 10.4. The van der Waals surface area contributed by atoms with Crippen LogP contribution < -0.4 is 14.2 Å². The van der Waals surface area contributed by atoms with Gasteiger partial charge in [0.25, 0.3) is 0 Å².